The molecule has 2 atom stereocenters. The van der Waals surface area contributed by atoms with Crippen LogP contribution in [-0.2, 0) is 4.79 Å². The number of rotatable bonds is 4. The average molecular weight is 275 g/mol. The average Bonchev–Trinajstić information content (AvgIpc) is 2.42. The maximum Gasteiger partial charge on any atom is 0.238 e. The van der Waals surface area contributed by atoms with Crippen LogP contribution in [0.1, 0.15) is 25.3 Å². The Hall–Kier alpha value is -1.39. The molecule has 4 heteroatoms. The summed E-state index contributed by atoms with van der Waals surface area (Å²) >= 11 is 0. The summed E-state index contributed by atoms with van der Waals surface area (Å²) < 4.78 is 0. The molecule has 1 aliphatic heterocycles. The largest absolute Gasteiger partial charge is 0.329 e. The van der Waals surface area contributed by atoms with Gasteiger partial charge in [0.1, 0.15) is 0 Å². The van der Waals surface area contributed by atoms with E-state index < -0.39 is 0 Å². The van der Waals surface area contributed by atoms with Gasteiger partial charge in [-0.25, -0.2) is 0 Å². The summed E-state index contributed by atoms with van der Waals surface area (Å²) in [6, 6.07) is 8.20. The third-order valence-corrected chi connectivity index (χ3v) is 4.15. The molecule has 2 unspecified atom stereocenters. The number of amides is 1. The third-order valence-electron chi connectivity index (χ3n) is 4.15. The molecule has 0 aliphatic carbocycles. The first-order chi connectivity index (χ1) is 9.60. The molecule has 1 aromatic carbocycles. The van der Waals surface area contributed by atoms with Gasteiger partial charge in [0.25, 0.3) is 0 Å². The monoisotopic (exact) mass is 275 g/mol. The van der Waals surface area contributed by atoms with Gasteiger partial charge in [0.05, 0.1) is 6.54 Å². The van der Waals surface area contributed by atoms with E-state index in [1.807, 2.05) is 31.2 Å². The lowest BCUT2D eigenvalue weighted by atomic mass is 9.91. The lowest BCUT2D eigenvalue weighted by Crippen LogP contribution is -2.51. The first-order valence-corrected chi connectivity index (χ1v) is 7.41. The predicted molar refractivity (Wildman–Crippen MR) is 82.6 cm³/mol. The van der Waals surface area contributed by atoms with E-state index in [9.17, 15) is 4.79 Å². The Bertz CT molecular complexity index is 444. The summed E-state index contributed by atoms with van der Waals surface area (Å²) in [6.07, 6.45) is 2.35. The maximum atomic E-state index is 12.1. The van der Waals surface area contributed by atoms with Gasteiger partial charge in [0, 0.05) is 18.3 Å². The Morgan fingerprint density at radius 3 is 2.75 bits per heavy atom. The van der Waals surface area contributed by atoms with Gasteiger partial charge < -0.3 is 11.1 Å². The van der Waals surface area contributed by atoms with Gasteiger partial charge in [-0.15, -0.1) is 0 Å². The number of hydrogen-bond acceptors (Lipinski definition) is 3. The van der Waals surface area contributed by atoms with E-state index in [1.165, 1.54) is 12.0 Å². The highest BCUT2D eigenvalue weighted by atomic mass is 16.2. The lowest BCUT2D eigenvalue weighted by Gasteiger charge is -2.38. The van der Waals surface area contributed by atoms with Gasteiger partial charge in [0.15, 0.2) is 0 Å². The van der Waals surface area contributed by atoms with Gasteiger partial charge in [-0.1, -0.05) is 24.6 Å². The van der Waals surface area contributed by atoms with Crippen molar-refractivity contribution in [2.75, 3.05) is 25.0 Å². The standard InChI is InChI=1S/C16H25N3O/c1-12-5-7-14(8-6-12)18-16(20)11-19-9-3-4-13(2)15(19)10-17/h5-8,13,15H,3-4,9-11,17H2,1-2H3,(H,18,20). The third kappa shape index (κ3) is 3.81. The van der Waals surface area contributed by atoms with Crippen LogP contribution < -0.4 is 11.1 Å². The van der Waals surface area contributed by atoms with Crippen molar-refractivity contribution >= 4 is 11.6 Å². The number of piperidine rings is 1. The van der Waals surface area contributed by atoms with Crippen molar-refractivity contribution in [1.29, 1.82) is 0 Å². The van der Waals surface area contributed by atoms with E-state index in [-0.39, 0.29) is 5.91 Å². The van der Waals surface area contributed by atoms with E-state index in [1.54, 1.807) is 0 Å². The van der Waals surface area contributed by atoms with Gasteiger partial charge in [-0.3, -0.25) is 9.69 Å². The number of carbonyl (C=O) groups excluding carboxylic acids is 1. The van der Waals surface area contributed by atoms with Crippen LogP contribution in [0, 0.1) is 12.8 Å². The first-order valence-electron chi connectivity index (χ1n) is 7.41. The number of nitrogens with two attached hydrogens (primary N) is 1. The molecule has 0 aromatic heterocycles. The highest BCUT2D eigenvalue weighted by molar-refractivity contribution is 5.92. The molecule has 110 valence electrons. The Morgan fingerprint density at radius 2 is 2.10 bits per heavy atom. The second-order valence-electron chi connectivity index (χ2n) is 5.81. The molecule has 1 aromatic rings. The van der Waals surface area contributed by atoms with Gasteiger partial charge in [-0.2, -0.15) is 0 Å². The second-order valence-corrected chi connectivity index (χ2v) is 5.81. The fourth-order valence-corrected chi connectivity index (χ4v) is 2.93. The summed E-state index contributed by atoms with van der Waals surface area (Å²) in [6.45, 7) is 6.28. The quantitative estimate of drug-likeness (QED) is 0.883. The van der Waals surface area contributed by atoms with Crippen LogP contribution >= 0.6 is 0 Å². The van der Waals surface area contributed by atoms with Crippen LogP contribution in [0.3, 0.4) is 0 Å². The van der Waals surface area contributed by atoms with Gasteiger partial charge >= 0.3 is 0 Å². The molecule has 0 bridgehead atoms. The van der Waals surface area contributed by atoms with E-state index >= 15 is 0 Å². The molecule has 1 aliphatic rings. The Kier molecular flexibility index (Phi) is 5.15. The molecule has 4 nitrogen and oxygen atoms in total. The molecule has 2 rings (SSSR count). The number of anilines is 1. The van der Waals surface area contributed by atoms with Crippen LogP contribution in [0.25, 0.3) is 0 Å². The normalized spacial score (nSPS) is 23.6. The molecule has 0 spiro atoms. The van der Waals surface area contributed by atoms with Gasteiger partial charge in [-0.05, 0) is 44.4 Å². The fraction of sp³-hybridized carbons (Fsp3) is 0.562. The fourth-order valence-electron chi connectivity index (χ4n) is 2.93. The Labute approximate surface area is 121 Å². The van der Waals surface area contributed by atoms with Crippen molar-refractivity contribution in [2.45, 2.75) is 32.7 Å². The minimum atomic E-state index is 0.0430. The Morgan fingerprint density at radius 1 is 1.40 bits per heavy atom. The Balaban J connectivity index is 1.91. The van der Waals surface area contributed by atoms with Gasteiger partial charge in [0.2, 0.25) is 5.91 Å². The number of nitrogens with one attached hydrogen (secondary N) is 1. The van der Waals surface area contributed by atoms with Crippen molar-refractivity contribution in [1.82, 2.24) is 4.90 Å². The summed E-state index contributed by atoms with van der Waals surface area (Å²) in [5, 5.41) is 2.95. The number of aryl methyl sites for hydroxylation is 1. The minimum absolute atomic E-state index is 0.0430. The van der Waals surface area contributed by atoms with Crippen molar-refractivity contribution < 1.29 is 4.79 Å². The number of benzene rings is 1. The van der Waals surface area contributed by atoms with Crippen molar-refractivity contribution in [3.05, 3.63) is 29.8 Å². The van der Waals surface area contributed by atoms with E-state index in [2.05, 4.69) is 17.1 Å². The summed E-state index contributed by atoms with van der Waals surface area (Å²) in [5.41, 5.74) is 7.90. The molecule has 0 radical (unpaired) electrons. The topological polar surface area (TPSA) is 58.4 Å². The first kappa shape index (κ1) is 15.0. The SMILES string of the molecule is Cc1ccc(NC(=O)CN2CCCC(C)C2CN)cc1. The number of hydrogen-bond donors (Lipinski definition) is 2. The molecule has 1 saturated heterocycles. The zero-order valence-corrected chi connectivity index (χ0v) is 12.4. The highest BCUT2D eigenvalue weighted by Gasteiger charge is 2.28. The van der Waals surface area contributed by atoms with E-state index in [0.717, 1.165) is 18.7 Å². The molecule has 1 amide bonds. The molecule has 1 heterocycles. The van der Waals surface area contributed by atoms with Crippen LogP contribution in [0.15, 0.2) is 24.3 Å². The van der Waals surface area contributed by atoms with Crippen LogP contribution in [0.4, 0.5) is 5.69 Å². The zero-order valence-electron chi connectivity index (χ0n) is 12.4. The number of nitrogens with zero attached hydrogens (tertiary/aromatic N) is 1. The number of likely N-dealkylation sites (tertiary alicyclic amines) is 1. The van der Waals surface area contributed by atoms with E-state index in [4.69, 9.17) is 5.73 Å². The van der Waals surface area contributed by atoms with E-state index in [0.29, 0.717) is 25.0 Å². The van der Waals surface area contributed by atoms with Crippen LogP contribution in [0.5, 0.6) is 0 Å². The van der Waals surface area contributed by atoms with Crippen molar-refractivity contribution in [3.8, 4) is 0 Å². The van der Waals surface area contributed by atoms with Crippen LogP contribution in [-0.4, -0.2) is 36.5 Å². The second kappa shape index (κ2) is 6.86. The summed E-state index contributed by atoms with van der Waals surface area (Å²) in [4.78, 5) is 14.4. The maximum absolute atomic E-state index is 12.1. The number of carbonyl (C=O) groups is 1. The molecular weight excluding hydrogens is 250 g/mol. The zero-order chi connectivity index (χ0) is 14.5. The smallest absolute Gasteiger partial charge is 0.238 e. The van der Waals surface area contributed by atoms with Crippen molar-refractivity contribution in [2.24, 2.45) is 11.7 Å². The summed E-state index contributed by atoms with van der Waals surface area (Å²) in [7, 11) is 0. The van der Waals surface area contributed by atoms with Crippen molar-refractivity contribution in [3.63, 3.8) is 0 Å². The lowest BCUT2D eigenvalue weighted by molar-refractivity contribution is -0.118. The molecule has 1 fully saturated rings. The molecule has 20 heavy (non-hydrogen) atoms. The predicted octanol–water partition coefficient (Wildman–Crippen LogP) is 1.99. The molecular formula is C16H25N3O. The highest BCUT2D eigenvalue weighted by Crippen LogP contribution is 2.22. The molecule has 3 N–H and O–H groups in total. The van der Waals surface area contributed by atoms with Crippen LogP contribution in [0.2, 0.25) is 0 Å². The molecule has 0 saturated carbocycles. The minimum Gasteiger partial charge on any atom is -0.329 e. The summed E-state index contributed by atoms with van der Waals surface area (Å²) in [5.74, 6) is 0.613.